The highest BCUT2D eigenvalue weighted by atomic mass is 35.5. The molecule has 1 aliphatic heterocycles. The van der Waals surface area contributed by atoms with Gasteiger partial charge in [-0.25, -0.2) is 0 Å². The van der Waals surface area contributed by atoms with Crippen molar-refractivity contribution < 1.29 is 4.79 Å². The van der Waals surface area contributed by atoms with E-state index in [1.165, 1.54) is 0 Å². The molecule has 3 rings (SSSR count). The van der Waals surface area contributed by atoms with Crippen molar-refractivity contribution in [3.05, 3.63) is 69.7 Å². The Kier molecular flexibility index (Phi) is 7.54. The van der Waals surface area contributed by atoms with Crippen LogP contribution in [0.25, 0.3) is 0 Å². The van der Waals surface area contributed by atoms with Crippen LogP contribution in [0.1, 0.15) is 49.9 Å². The maximum atomic E-state index is 13.2. The highest BCUT2D eigenvalue weighted by Gasteiger charge is 2.42. The summed E-state index contributed by atoms with van der Waals surface area (Å²) in [6, 6.07) is 15.6. The van der Waals surface area contributed by atoms with E-state index in [1.54, 1.807) is 0 Å². The molecule has 0 amide bonds. The van der Waals surface area contributed by atoms with Crippen molar-refractivity contribution in [3.63, 3.8) is 0 Å². The van der Waals surface area contributed by atoms with E-state index in [0.717, 1.165) is 24.0 Å². The van der Waals surface area contributed by atoms with Crippen LogP contribution in [0.15, 0.2) is 48.5 Å². The number of ketones is 1. The second kappa shape index (κ2) is 9.23. The smallest absolute Gasteiger partial charge is 0.142 e. The maximum absolute atomic E-state index is 13.2. The second-order valence-electron chi connectivity index (χ2n) is 6.66. The minimum absolute atomic E-state index is 0. The van der Waals surface area contributed by atoms with Crippen molar-refractivity contribution in [3.8, 4) is 0 Å². The molecule has 0 spiro atoms. The molecule has 5 heteroatoms. The van der Waals surface area contributed by atoms with Gasteiger partial charge in [0.25, 0.3) is 0 Å². The van der Waals surface area contributed by atoms with E-state index in [4.69, 9.17) is 23.2 Å². The molecule has 1 fully saturated rings. The van der Waals surface area contributed by atoms with Crippen LogP contribution in [0.5, 0.6) is 0 Å². The lowest BCUT2D eigenvalue weighted by atomic mass is 9.72. The number of Topliss-reactive ketones (excluding diaryl/α,β-unsaturated/α-hetero) is 1. The van der Waals surface area contributed by atoms with Gasteiger partial charge in [-0.2, -0.15) is 0 Å². The van der Waals surface area contributed by atoms with E-state index >= 15 is 0 Å². The fourth-order valence-corrected chi connectivity index (χ4v) is 4.15. The number of hydrogen-bond acceptors (Lipinski definition) is 2. The Hall–Kier alpha value is -1.06. The molecule has 0 aromatic heterocycles. The molecule has 1 N–H and O–H groups in total. The van der Waals surface area contributed by atoms with E-state index in [9.17, 15) is 4.79 Å². The summed E-state index contributed by atoms with van der Waals surface area (Å²) in [6.45, 7) is 4.17. The zero-order valence-electron chi connectivity index (χ0n) is 14.9. The highest BCUT2D eigenvalue weighted by molar-refractivity contribution is 6.30. The Bertz CT molecular complexity index is 668. The van der Waals surface area contributed by atoms with Gasteiger partial charge in [-0.3, -0.25) is 4.79 Å². The van der Waals surface area contributed by atoms with Crippen LogP contribution in [-0.2, 0) is 4.79 Å². The normalized spacial score (nSPS) is 25.6. The molecule has 0 aliphatic carbocycles. The van der Waals surface area contributed by atoms with Gasteiger partial charge in [-0.15, -0.1) is 12.4 Å². The fraction of sp³-hybridized carbons (Fsp3) is 0.381. The number of halogens is 3. The molecule has 4 atom stereocenters. The van der Waals surface area contributed by atoms with Crippen molar-refractivity contribution in [2.75, 3.05) is 0 Å². The van der Waals surface area contributed by atoms with Crippen LogP contribution in [0, 0.1) is 11.8 Å². The Balaban J connectivity index is 0.00000243. The minimum Gasteiger partial charge on any atom is -0.302 e. The van der Waals surface area contributed by atoms with Crippen molar-refractivity contribution >= 4 is 41.4 Å². The monoisotopic (exact) mass is 411 g/mol. The number of carbonyl (C=O) groups is 1. The van der Waals surface area contributed by atoms with Gasteiger partial charge in [0.1, 0.15) is 5.78 Å². The zero-order chi connectivity index (χ0) is 18.0. The zero-order valence-corrected chi connectivity index (χ0v) is 17.2. The molecule has 0 radical (unpaired) electrons. The average molecular weight is 413 g/mol. The first-order valence-corrected chi connectivity index (χ1v) is 9.61. The molecule has 0 saturated carbocycles. The largest absolute Gasteiger partial charge is 0.302 e. The van der Waals surface area contributed by atoms with Gasteiger partial charge in [0.2, 0.25) is 0 Å². The maximum Gasteiger partial charge on any atom is 0.142 e. The molecule has 2 aromatic carbocycles. The summed E-state index contributed by atoms with van der Waals surface area (Å²) >= 11 is 12.1. The Morgan fingerprint density at radius 3 is 1.42 bits per heavy atom. The summed E-state index contributed by atoms with van der Waals surface area (Å²) in [5.41, 5.74) is 2.22. The lowest BCUT2D eigenvalue weighted by molar-refractivity contribution is -0.132. The molecule has 1 heterocycles. The van der Waals surface area contributed by atoms with E-state index in [1.807, 2.05) is 48.5 Å². The Morgan fingerprint density at radius 1 is 0.769 bits per heavy atom. The third-order valence-electron chi connectivity index (χ3n) is 5.23. The molecular weight excluding hydrogens is 389 g/mol. The lowest BCUT2D eigenvalue weighted by Gasteiger charge is -2.41. The van der Waals surface area contributed by atoms with Gasteiger partial charge in [-0.05, 0) is 48.2 Å². The van der Waals surface area contributed by atoms with Gasteiger partial charge >= 0.3 is 0 Å². The topological polar surface area (TPSA) is 29.1 Å². The summed E-state index contributed by atoms with van der Waals surface area (Å²) in [7, 11) is 0. The summed E-state index contributed by atoms with van der Waals surface area (Å²) in [6.07, 6.45) is 1.64. The summed E-state index contributed by atoms with van der Waals surface area (Å²) in [5.74, 6) is 0.313. The minimum atomic E-state index is -0.0188. The van der Waals surface area contributed by atoms with Crippen LogP contribution >= 0.6 is 35.6 Å². The second-order valence-corrected chi connectivity index (χ2v) is 7.53. The molecule has 2 aromatic rings. The number of nitrogens with one attached hydrogen (secondary N) is 1. The first-order chi connectivity index (χ1) is 12.0. The van der Waals surface area contributed by atoms with Gasteiger partial charge in [0, 0.05) is 34.0 Å². The third kappa shape index (κ3) is 4.26. The van der Waals surface area contributed by atoms with Crippen LogP contribution in [-0.4, -0.2) is 5.78 Å². The molecular formula is C21H24Cl3NO. The van der Waals surface area contributed by atoms with E-state index in [0.29, 0.717) is 15.8 Å². The predicted octanol–water partition coefficient (Wildman–Crippen LogP) is 6.42. The molecule has 0 bridgehead atoms. The number of hydrogen-bond donors (Lipinski definition) is 1. The SMILES string of the molecule is CCC1C(=O)C(CC)C(c2ccc(Cl)cc2)NC1c1ccc(Cl)cc1.Cl. The van der Waals surface area contributed by atoms with Crippen molar-refractivity contribution in [1.82, 2.24) is 5.32 Å². The van der Waals surface area contributed by atoms with Crippen LogP contribution < -0.4 is 5.32 Å². The quantitative estimate of drug-likeness (QED) is 0.627. The standard InChI is InChI=1S/C21H23Cl2NO.ClH/c1-3-17-19(13-5-9-15(22)10-6-13)24-20(18(4-2)21(17)25)14-7-11-16(23)12-8-14;/h5-12,17-20,24H,3-4H2,1-2H3;1H. The van der Waals surface area contributed by atoms with Crippen molar-refractivity contribution in [2.24, 2.45) is 11.8 Å². The van der Waals surface area contributed by atoms with E-state index in [2.05, 4.69) is 19.2 Å². The fourth-order valence-electron chi connectivity index (χ4n) is 3.90. The lowest BCUT2D eigenvalue weighted by Crippen LogP contribution is -2.48. The highest BCUT2D eigenvalue weighted by Crippen LogP contribution is 2.41. The first-order valence-electron chi connectivity index (χ1n) is 8.85. The summed E-state index contributed by atoms with van der Waals surface area (Å²) < 4.78 is 0. The third-order valence-corrected chi connectivity index (χ3v) is 5.74. The van der Waals surface area contributed by atoms with E-state index in [-0.39, 0.29) is 36.3 Å². The molecule has 140 valence electrons. The summed E-state index contributed by atoms with van der Waals surface area (Å²) in [4.78, 5) is 13.2. The molecule has 2 nitrogen and oxygen atoms in total. The number of piperidine rings is 1. The van der Waals surface area contributed by atoms with Crippen LogP contribution in [0.4, 0.5) is 0 Å². The average Bonchev–Trinajstić information content (AvgIpc) is 2.62. The number of benzene rings is 2. The molecule has 1 aliphatic rings. The van der Waals surface area contributed by atoms with Gasteiger partial charge in [-0.1, -0.05) is 61.3 Å². The number of rotatable bonds is 4. The van der Waals surface area contributed by atoms with Crippen LogP contribution in [0.2, 0.25) is 10.0 Å². The van der Waals surface area contributed by atoms with Gasteiger partial charge < -0.3 is 5.32 Å². The summed E-state index contributed by atoms with van der Waals surface area (Å²) in [5, 5.41) is 5.17. The molecule has 26 heavy (non-hydrogen) atoms. The van der Waals surface area contributed by atoms with Crippen molar-refractivity contribution in [1.29, 1.82) is 0 Å². The van der Waals surface area contributed by atoms with Gasteiger partial charge in [0.05, 0.1) is 0 Å². The number of carbonyl (C=O) groups excluding carboxylic acids is 1. The Morgan fingerprint density at radius 2 is 1.12 bits per heavy atom. The van der Waals surface area contributed by atoms with Crippen molar-refractivity contribution in [2.45, 2.75) is 38.8 Å². The molecule has 4 unspecified atom stereocenters. The Labute approximate surface area is 171 Å². The van der Waals surface area contributed by atoms with E-state index < -0.39 is 0 Å². The predicted molar refractivity (Wildman–Crippen MR) is 111 cm³/mol. The van der Waals surface area contributed by atoms with Crippen LogP contribution in [0.3, 0.4) is 0 Å². The first kappa shape index (κ1) is 21.2. The van der Waals surface area contributed by atoms with Gasteiger partial charge in [0.15, 0.2) is 0 Å². The molecule has 1 saturated heterocycles.